The molecule has 7 heteroatoms. The lowest BCUT2D eigenvalue weighted by atomic mass is 9.97. The van der Waals surface area contributed by atoms with Crippen molar-refractivity contribution < 1.29 is 19.0 Å². The van der Waals surface area contributed by atoms with E-state index in [4.69, 9.17) is 13.9 Å². The van der Waals surface area contributed by atoms with E-state index in [-0.39, 0.29) is 0 Å². The molecule has 0 aliphatic heterocycles. The molecule has 0 radical (unpaired) electrons. The highest BCUT2D eigenvalue weighted by molar-refractivity contribution is 7.11. The molecular formula is C26H29NO4S2. The van der Waals surface area contributed by atoms with Gasteiger partial charge < -0.3 is 19.0 Å². The summed E-state index contributed by atoms with van der Waals surface area (Å²) in [4.78, 5) is 4.00. The fourth-order valence-electron chi connectivity index (χ4n) is 3.93. The number of hydrogen-bond donors (Lipinski definition) is 1. The summed E-state index contributed by atoms with van der Waals surface area (Å²) >= 11 is 3.05. The van der Waals surface area contributed by atoms with Gasteiger partial charge in [0.25, 0.3) is 0 Å². The molecule has 0 saturated heterocycles. The lowest BCUT2D eigenvalue weighted by molar-refractivity contribution is 0.102. The topological polar surface area (TPSA) is 55.1 Å². The van der Waals surface area contributed by atoms with Crippen LogP contribution in [-0.2, 0) is 23.4 Å². The number of ether oxygens (including phenoxy) is 2. The first-order chi connectivity index (χ1) is 16.1. The molecule has 0 unspecified atom stereocenters. The number of methoxy groups -OCH3 is 2. The van der Waals surface area contributed by atoms with Gasteiger partial charge in [-0.25, -0.2) is 0 Å². The Bertz CT molecular complexity index is 1070. The fraction of sp³-hybridized carbons (Fsp3) is 0.308. The van der Waals surface area contributed by atoms with Crippen LogP contribution in [0.2, 0.25) is 0 Å². The standard InChI is InChI=1S/C26H29NO4S2/c1-29-15-7-14-27(18-20-8-3-4-9-22(20)30-2)19-21-12-13-23(31-21)26(28,24-10-5-16-32-24)25-11-6-17-33-25/h3-6,8-13,16-17,28H,7,14-15,18-19H2,1-2H3. The minimum Gasteiger partial charge on any atom is -0.496 e. The van der Waals surface area contributed by atoms with Crippen LogP contribution in [0.15, 0.2) is 75.8 Å². The van der Waals surface area contributed by atoms with Crippen molar-refractivity contribution >= 4 is 22.7 Å². The number of rotatable bonds is 12. The molecule has 3 heterocycles. The first kappa shape index (κ1) is 23.7. The maximum Gasteiger partial charge on any atom is 0.191 e. The van der Waals surface area contributed by atoms with E-state index in [2.05, 4.69) is 11.0 Å². The molecule has 0 fully saturated rings. The molecule has 0 saturated carbocycles. The Morgan fingerprint density at radius 3 is 2.27 bits per heavy atom. The molecule has 5 nitrogen and oxygen atoms in total. The molecule has 3 aromatic heterocycles. The third-order valence-corrected chi connectivity index (χ3v) is 7.52. The minimum atomic E-state index is -1.29. The maximum absolute atomic E-state index is 11.8. The summed E-state index contributed by atoms with van der Waals surface area (Å²) in [5.41, 5.74) is -0.165. The lowest BCUT2D eigenvalue weighted by Crippen LogP contribution is -2.26. The smallest absolute Gasteiger partial charge is 0.191 e. The number of thiophene rings is 2. The second-order valence-corrected chi connectivity index (χ2v) is 9.70. The lowest BCUT2D eigenvalue weighted by Gasteiger charge is -2.24. The summed E-state index contributed by atoms with van der Waals surface area (Å²) < 4.78 is 17.1. The normalized spacial score (nSPS) is 11.9. The molecule has 174 valence electrons. The van der Waals surface area contributed by atoms with E-state index in [1.165, 1.54) is 22.7 Å². The third-order valence-electron chi connectivity index (χ3n) is 5.56. The van der Waals surface area contributed by atoms with Gasteiger partial charge >= 0.3 is 0 Å². The quantitative estimate of drug-likeness (QED) is 0.261. The van der Waals surface area contributed by atoms with Gasteiger partial charge in [0.1, 0.15) is 17.3 Å². The van der Waals surface area contributed by atoms with Crippen molar-refractivity contribution in [1.29, 1.82) is 0 Å². The van der Waals surface area contributed by atoms with Crippen LogP contribution in [-0.4, -0.2) is 37.4 Å². The predicted octanol–water partition coefficient (Wildman–Crippen LogP) is 5.73. The van der Waals surface area contributed by atoms with Gasteiger partial charge in [0.15, 0.2) is 5.60 Å². The van der Waals surface area contributed by atoms with E-state index < -0.39 is 5.60 Å². The Morgan fingerprint density at radius 1 is 0.909 bits per heavy atom. The number of hydrogen-bond acceptors (Lipinski definition) is 7. The highest BCUT2D eigenvalue weighted by Crippen LogP contribution is 2.41. The average Bonchev–Trinajstić information content (AvgIpc) is 3.62. The molecule has 0 aliphatic carbocycles. The number of aliphatic hydroxyl groups is 1. The minimum absolute atomic E-state index is 0.538. The zero-order valence-corrected chi connectivity index (χ0v) is 20.5. The SMILES string of the molecule is COCCCN(Cc1ccc(C(O)(c2cccs2)c2cccs2)o1)Cc1ccccc1OC. The third kappa shape index (κ3) is 5.39. The van der Waals surface area contributed by atoms with Gasteiger partial charge in [0.2, 0.25) is 0 Å². The van der Waals surface area contributed by atoms with E-state index >= 15 is 0 Å². The molecule has 4 aromatic rings. The van der Waals surface area contributed by atoms with Gasteiger partial charge in [0.05, 0.1) is 13.7 Å². The van der Waals surface area contributed by atoms with Crippen LogP contribution >= 0.6 is 22.7 Å². The molecule has 0 aliphatic rings. The second-order valence-electron chi connectivity index (χ2n) is 7.80. The molecule has 4 rings (SSSR count). The molecule has 0 atom stereocenters. The van der Waals surface area contributed by atoms with E-state index in [1.54, 1.807) is 14.2 Å². The van der Waals surface area contributed by atoms with Gasteiger partial charge in [-0.15, -0.1) is 22.7 Å². The summed E-state index contributed by atoms with van der Waals surface area (Å²) in [7, 11) is 3.42. The van der Waals surface area contributed by atoms with E-state index in [0.29, 0.717) is 18.9 Å². The van der Waals surface area contributed by atoms with Crippen molar-refractivity contribution in [2.75, 3.05) is 27.4 Å². The highest BCUT2D eigenvalue weighted by atomic mass is 32.1. The van der Waals surface area contributed by atoms with Crippen molar-refractivity contribution in [2.45, 2.75) is 25.1 Å². The Labute approximate surface area is 202 Å². The monoisotopic (exact) mass is 483 g/mol. The van der Waals surface area contributed by atoms with Crippen molar-refractivity contribution in [3.8, 4) is 5.75 Å². The first-order valence-corrected chi connectivity index (χ1v) is 12.6. The van der Waals surface area contributed by atoms with Crippen LogP contribution in [0.25, 0.3) is 0 Å². The van der Waals surface area contributed by atoms with Gasteiger partial charge in [-0.2, -0.15) is 0 Å². The van der Waals surface area contributed by atoms with Crippen LogP contribution in [0, 0.1) is 0 Å². The number of nitrogens with zero attached hydrogens (tertiary/aromatic N) is 1. The second kappa shape index (κ2) is 11.1. The summed E-state index contributed by atoms with van der Waals surface area (Å²) in [5.74, 6) is 2.22. The van der Waals surface area contributed by atoms with Crippen LogP contribution in [0.4, 0.5) is 0 Å². The summed E-state index contributed by atoms with van der Waals surface area (Å²) in [5, 5.41) is 15.8. The van der Waals surface area contributed by atoms with Crippen molar-refractivity contribution in [2.24, 2.45) is 0 Å². The van der Waals surface area contributed by atoms with Gasteiger partial charge in [-0.3, -0.25) is 4.90 Å². The Morgan fingerprint density at radius 2 is 1.64 bits per heavy atom. The van der Waals surface area contributed by atoms with Crippen LogP contribution < -0.4 is 4.74 Å². The Balaban J connectivity index is 1.58. The number of para-hydroxylation sites is 1. The molecule has 1 aromatic carbocycles. The predicted molar refractivity (Wildman–Crippen MR) is 133 cm³/mol. The summed E-state index contributed by atoms with van der Waals surface area (Å²) in [6.45, 7) is 2.89. The Hall–Kier alpha value is -2.42. The summed E-state index contributed by atoms with van der Waals surface area (Å²) in [6, 6.07) is 19.7. The average molecular weight is 484 g/mol. The molecule has 0 bridgehead atoms. The van der Waals surface area contributed by atoms with E-state index in [1.807, 2.05) is 65.4 Å². The van der Waals surface area contributed by atoms with Crippen molar-refractivity contribution in [1.82, 2.24) is 4.90 Å². The highest BCUT2D eigenvalue weighted by Gasteiger charge is 2.39. The number of benzene rings is 1. The molecular weight excluding hydrogens is 454 g/mol. The zero-order valence-electron chi connectivity index (χ0n) is 18.9. The van der Waals surface area contributed by atoms with Crippen LogP contribution in [0.3, 0.4) is 0 Å². The van der Waals surface area contributed by atoms with Crippen molar-refractivity contribution in [3.05, 3.63) is 98.3 Å². The Kier molecular flexibility index (Phi) is 8.01. The van der Waals surface area contributed by atoms with Gasteiger partial charge in [-0.05, 0) is 47.5 Å². The number of furan rings is 1. The molecule has 1 N–H and O–H groups in total. The van der Waals surface area contributed by atoms with Gasteiger partial charge in [0, 0.05) is 42.1 Å². The molecule has 0 amide bonds. The maximum atomic E-state index is 11.8. The first-order valence-electron chi connectivity index (χ1n) is 10.9. The summed E-state index contributed by atoms with van der Waals surface area (Å²) in [6.07, 6.45) is 0.910. The van der Waals surface area contributed by atoms with Gasteiger partial charge in [-0.1, -0.05) is 30.3 Å². The largest absolute Gasteiger partial charge is 0.496 e. The fourth-order valence-corrected chi connectivity index (χ4v) is 5.68. The molecule has 0 spiro atoms. The zero-order chi connectivity index (χ0) is 23.1. The van der Waals surface area contributed by atoms with Crippen LogP contribution in [0.5, 0.6) is 5.75 Å². The van der Waals surface area contributed by atoms with E-state index in [9.17, 15) is 5.11 Å². The van der Waals surface area contributed by atoms with Crippen molar-refractivity contribution in [3.63, 3.8) is 0 Å². The van der Waals surface area contributed by atoms with Crippen LogP contribution in [0.1, 0.15) is 33.3 Å². The molecule has 33 heavy (non-hydrogen) atoms. The van der Waals surface area contributed by atoms with E-state index in [0.717, 1.165) is 46.3 Å².